The molecule has 0 aliphatic rings. The van der Waals surface area contributed by atoms with E-state index in [2.05, 4.69) is 9.37 Å². The fourth-order valence-corrected chi connectivity index (χ4v) is 8.44. The van der Waals surface area contributed by atoms with E-state index in [0.717, 1.165) is 11.6 Å². The molecule has 0 atom stereocenters. The molecule has 0 bridgehead atoms. The van der Waals surface area contributed by atoms with Crippen LogP contribution in [-0.4, -0.2) is 62.1 Å². The summed E-state index contributed by atoms with van der Waals surface area (Å²) in [5.41, 5.74) is 1.32. The highest BCUT2D eigenvalue weighted by atomic mass is 32.3. The molecule has 0 heterocycles. The van der Waals surface area contributed by atoms with Gasteiger partial charge in [0.05, 0.1) is 45.0 Å². The molecule has 0 spiro atoms. The Hall–Kier alpha value is -4.23. The van der Waals surface area contributed by atoms with Crippen molar-refractivity contribution in [3.05, 3.63) is 120 Å². The highest BCUT2D eigenvalue weighted by Crippen LogP contribution is 2.50. The SMILES string of the molecule is COc1ccc(Oc2ccc(S(=O)(=O)c3ccc(COc4ccc(S(=O)(=O)c5ccc(C)cc5)cc4)c(SOOO)c3)cc2S(O)(O)O)cc1.CS(=O)(=O)O. The third kappa shape index (κ3) is 12.1. The molecule has 0 aliphatic heterocycles. The van der Waals surface area contributed by atoms with Crippen molar-refractivity contribution in [2.24, 2.45) is 0 Å². The monoisotopic (exact) mass is 858 g/mol. The van der Waals surface area contributed by atoms with E-state index in [1.165, 1.54) is 86.0 Å². The maximum absolute atomic E-state index is 13.7. The van der Waals surface area contributed by atoms with Crippen LogP contribution >= 0.6 is 22.9 Å². The van der Waals surface area contributed by atoms with Crippen LogP contribution in [-0.2, 0) is 45.8 Å². The van der Waals surface area contributed by atoms with Gasteiger partial charge in [0.15, 0.2) is 0 Å². The maximum atomic E-state index is 13.7. The van der Waals surface area contributed by atoms with Gasteiger partial charge in [-0.1, -0.05) is 28.8 Å². The lowest BCUT2D eigenvalue weighted by atomic mass is 10.2. The third-order valence-electron chi connectivity index (χ3n) is 7.17. The molecule has 0 saturated heterocycles. The summed E-state index contributed by atoms with van der Waals surface area (Å²) in [6.45, 7) is 1.72. The molecular weight excluding hydrogens is 825 g/mol. The van der Waals surface area contributed by atoms with Crippen molar-refractivity contribution in [1.29, 1.82) is 0 Å². The number of sulfone groups is 2. The largest absolute Gasteiger partial charge is 0.497 e. The van der Waals surface area contributed by atoms with Gasteiger partial charge in [-0.05, 0) is 97.9 Å². The van der Waals surface area contributed by atoms with Crippen LogP contribution in [0.1, 0.15) is 11.1 Å². The lowest BCUT2D eigenvalue weighted by Crippen LogP contribution is -2.07. The zero-order valence-corrected chi connectivity index (χ0v) is 32.9. The molecule has 0 fully saturated rings. The Kier molecular flexibility index (Phi) is 14.4. The molecular formula is C34H34O16S5. The minimum atomic E-state index is -4.45. The molecule has 5 rings (SSSR count). The Balaban J connectivity index is 0.00000126. The third-order valence-corrected chi connectivity index (χ3v) is 12.3. The Labute approximate surface area is 323 Å². The molecule has 0 aliphatic carbocycles. The number of hydrogen-bond donors (Lipinski definition) is 5. The van der Waals surface area contributed by atoms with Crippen molar-refractivity contribution < 1.29 is 72.3 Å². The van der Waals surface area contributed by atoms with Gasteiger partial charge in [-0.15, -0.1) is 4.33 Å². The lowest BCUT2D eigenvalue weighted by Gasteiger charge is -2.23. The zero-order chi connectivity index (χ0) is 40.6. The molecule has 0 amide bonds. The molecule has 21 heteroatoms. The van der Waals surface area contributed by atoms with Crippen molar-refractivity contribution in [2.75, 3.05) is 13.4 Å². The molecule has 55 heavy (non-hydrogen) atoms. The van der Waals surface area contributed by atoms with Gasteiger partial charge in [-0.3, -0.25) is 4.55 Å². The summed E-state index contributed by atoms with van der Waals surface area (Å²) in [6.07, 6.45) is 0.715. The Morgan fingerprint density at radius 3 is 1.64 bits per heavy atom. The minimum absolute atomic E-state index is 0.0684. The Morgan fingerprint density at radius 2 is 1.09 bits per heavy atom. The number of hydrogen-bond acceptors (Lipinski definition) is 16. The van der Waals surface area contributed by atoms with Gasteiger partial charge in [0, 0.05) is 10.5 Å². The van der Waals surface area contributed by atoms with Crippen molar-refractivity contribution in [1.82, 2.24) is 0 Å². The molecule has 0 unspecified atom stereocenters. The summed E-state index contributed by atoms with van der Waals surface area (Å²) in [7, 11) is -14.7. The molecule has 296 valence electrons. The van der Waals surface area contributed by atoms with Crippen LogP contribution in [0.25, 0.3) is 0 Å². The second-order valence-electron chi connectivity index (χ2n) is 11.2. The first kappa shape index (κ1) is 43.5. The summed E-state index contributed by atoms with van der Waals surface area (Å²) in [4.78, 5) is -0.852. The van der Waals surface area contributed by atoms with Crippen molar-refractivity contribution in [3.8, 4) is 23.0 Å². The van der Waals surface area contributed by atoms with Crippen LogP contribution in [0.2, 0.25) is 0 Å². The van der Waals surface area contributed by atoms with E-state index < -0.39 is 50.5 Å². The quantitative estimate of drug-likeness (QED) is 0.0313. The van der Waals surface area contributed by atoms with E-state index in [-0.39, 0.29) is 37.7 Å². The van der Waals surface area contributed by atoms with Gasteiger partial charge in [0.1, 0.15) is 45.4 Å². The van der Waals surface area contributed by atoms with Crippen LogP contribution in [0.4, 0.5) is 0 Å². The van der Waals surface area contributed by atoms with Crippen LogP contribution < -0.4 is 14.2 Å². The van der Waals surface area contributed by atoms with Crippen molar-refractivity contribution in [3.63, 3.8) is 0 Å². The average molecular weight is 859 g/mol. The summed E-state index contributed by atoms with van der Waals surface area (Å²) in [5, 5.41) is 12.5. The van der Waals surface area contributed by atoms with E-state index in [1.54, 1.807) is 24.3 Å². The van der Waals surface area contributed by atoms with E-state index in [1.807, 2.05) is 6.92 Å². The van der Waals surface area contributed by atoms with Crippen LogP contribution in [0.5, 0.6) is 23.0 Å². The summed E-state index contributed by atoms with van der Waals surface area (Å²) >= 11 is 0.485. The fourth-order valence-electron chi connectivity index (χ4n) is 4.54. The van der Waals surface area contributed by atoms with Crippen LogP contribution in [0.15, 0.2) is 139 Å². The van der Waals surface area contributed by atoms with Gasteiger partial charge in [-0.2, -0.15) is 8.42 Å². The van der Waals surface area contributed by atoms with Crippen LogP contribution in [0, 0.1) is 6.92 Å². The summed E-state index contributed by atoms with van der Waals surface area (Å²) in [5.74, 6) is 0.902. The maximum Gasteiger partial charge on any atom is 0.261 e. The Bertz CT molecular complexity index is 2410. The molecule has 5 aromatic rings. The average Bonchev–Trinajstić information content (AvgIpc) is 3.13. The molecule has 5 N–H and O–H groups in total. The number of aryl methyl sites for hydroxylation is 1. The first-order valence-corrected chi connectivity index (χ1v) is 22.2. The number of benzene rings is 5. The molecule has 0 radical (unpaired) electrons. The van der Waals surface area contributed by atoms with E-state index in [0.29, 0.717) is 35.4 Å². The Morgan fingerprint density at radius 1 is 0.618 bits per heavy atom. The lowest BCUT2D eigenvalue weighted by molar-refractivity contribution is -0.432. The summed E-state index contributed by atoms with van der Waals surface area (Å²) < 4.78 is 131. The topological polar surface area (TPSA) is 250 Å². The first-order valence-electron chi connectivity index (χ1n) is 15.2. The number of ether oxygens (including phenoxy) is 3. The number of methoxy groups -OCH3 is 1. The van der Waals surface area contributed by atoms with Gasteiger partial charge in [-0.25, -0.2) is 22.1 Å². The van der Waals surface area contributed by atoms with E-state index in [4.69, 9.17) is 24.0 Å². The first-order chi connectivity index (χ1) is 25.7. The number of rotatable bonds is 14. The smallest absolute Gasteiger partial charge is 0.261 e. The van der Waals surface area contributed by atoms with Crippen molar-refractivity contribution in [2.45, 2.75) is 42.9 Å². The van der Waals surface area contributed by atoms with Gasteiger partial charge >= 0.3 is 0 Å². The molecule has 0 aromatic heterocycles. The van der Waals surface area contributed by atoms with Gasteiger partial charge in [0.25, 0.3) is 10.1 Å². The normalized spacial score (nSPS) is 12.3. The minimum Gasteiger partial charge on any atom is -0.497 e. The summed E-state index contributed by atoms with van der Waals surface area (Å²) in [6, 6.07) is 25.6. The van der Waals surface area contributed by atoms with E-state index in [9.17, 15) is 38.9 Å². The highest BCUT2D eigenvalue weighted by Gasteiger charge is 2.28. The molecule has 0 saturated carbocycles. The predicted octanol–water partition coefficient (Wildman–Crippen LogP) is 7.56. The van der Waals surface area contributed by atoms with Gasteiger partial charge < -0.3 is 27.9 Å². The van der Waals surface area contributed by atoms with E-state index >= 15 is 0 Å². The molecule has 5 aromatic carbocycles. The standard InChI is InChI=1S/C33H30O13S4.CH4O3S/c1-22-3-12-27(13-4-22)48(35,36)28-15-10-25(11-16-28)43-21-23-5-14-29(19-32(23)47-46-45-34)49(37,38)30-17-18-31(33(20-30)50(39,40)41)44-26-8-6-24(42-2)7-9-26;1-5(2,3)4/h3-20,34,39-41H,21H2,1-2H3;1H3,(H,2,3,4). The predicted molar refractivity (Wildman–Crippen MR) is 201 cm³/mol. The van der Waals surface area contributed by atoms with Gasteiger partial charge in [0.2, 0.25) is 19.7 Å². The fraction of sp³-hybridized carbons (Fsp3) is 0.118. The highest BCUT2D eigenvalue weighted by molar-refractivity contribution is 8.19. The second kappa shape index (κ2) is 18.1. The molecule has 16 nitrogen and oxygen atoms in total. The zero-order valence-electron chi connectivity index (χ0n) is 28.9. The van der Waals surface area contributed by atoms with Crippen molar-refractivity contribution >= 4 is 52.7 Å². The second-order valence-corrected chi connectivity index (χ2v) is 18.8. The van der Waals surface area contributed by atoms with Crippen LogP contribution in [0.3, 0.4) is 0 Å².